The van der Waals surface area contributed by atoms with E-state index in [1.54, 1.807) is 0 Å². The van der Waals surface area contributed by atoms with Crippen LogP contribution in [0.1, 0.15) is 34.6 Å². The number of allylic oxidation sites excluding steroid dienone is 3. The summed E-state index contributed by atoms with van der Waals surface area (Å²) in [5.74, 6) is 1.24. The van der Waals surface area contributed by atoms with Crippen LogP contribution in [0, 0.1) is 11.8 Å². The van der Waals surface area contributed by atoms with Gasteiger partial charge < -0.3 is 0 Å². The van der Waals surface area contributed by atoms with Crippen molar-refractivity contribution in [2.75, 3.05) is 0 Å². The van der Waals surface area contributed by atoms with Crippen molar-refractivity contribution in [3.05, 3.63) is 29.5 Å². The summed E-state index contributed by atoms with van der Waals surface area (Å²) in [5, 5.41) is 0. The molecule has 0 aliphatic carbocycles. The maximum Gasteiger partial charge on any atom is -0.00979 e. The second kappa shape index (κ2) is 5.00. The maximum atomic E-state index is 3.63. The van der Waals surface area contributed by atoms with Crippen molar-refractivity contribution in [2.24, 2.45) is 11.8 Å². The summed E-state index contributed by atoms with van der Waals surface area (Å²) >= 11 is 0. The molecule has 0 fully saturated rings. The van der Waals surface area contributed by atoms with Gasteiger partial charge in [0.2, 0.25) is 0 Å². The minimum Gasteiger partial charge on any atom is -0.125 e. The van der Waals surface area contributed by atoms with Crippen LogP contribution in [0.2, 0.25) is 0 Å². The summed E-state index contributed by atoms with van der Waals surface area (Å²) in [6, 6.07) is 0. The van der Waals surface area contributed by atoms with Crippen molar-refractivity contribution in [2.45, 2.75) is 34.6 Å². The van der Waals surface area contributed by atoms with Crippen molar-refractivity contribution >= 4 is 0 Å². The first-order valence-electron chi connectivity index (χ1n) is 4.57. The van der Waals surface area contributed by atoms with Gasteiger partial charge in [0, 0.05) is 0 Å². The molecule has 0 aromatic carbocycles. The minimum absolute atomic E-state index is 0.619. The largest absolute Gasteiger partial charge is 0.125 e. The standard InChI is InChI=1S/C12H20/c1-7-11(6)8-12(9(2)3)10(4)5/h8-10H,1H2,2-6H3. The minimum atomic E-state index is 0.619. The highest BCUT2D eigenvalue weighted by atomic mass is 14.1. The smallest absolute Gasteiger partial charge is 0.00979 e. The van der Waals surface area contributed by atoms with Crippen LogP contribution in [-0.2, 0) is 0 Å². The van der Waals surface area contributed by atoms with Crippen LogP contribution >= 0.6 is 0 Å². The highest BCUT2D eigenvalue weighted by Crippen LogP contribution is 2.20. The first kappa shape index (κ1) is 11.3. The van der Waals surface area contributed by atoms with Gasteiger partial charge in [-0.15, -0.1) is 5.73 Å². The Bertz CT molecular complexity index is 200. The monoisotopic (exact) mass is 164 g/mol. The van der Waals surface area contributed by atoms with Gasteiger partial charge in [-0.3, -0.25) is 0 Å². The van der Waals surface area contributed by atoms with Crippen LogP contribution in [0.3, 0.4) is 0 Å². The quantitative estimate of drug-likeness (QED) is 0.437. The molecule has 0 aromatic rings. The Morgan fingerprint density at radius 2 is 1.58 bits per heavy atom. The Labute approximate surface area is 76.7 Å². The van der Waals surface area contributed by atoms with E-state index >= 15 is 0 Å². The van der Waals surface area contributed by atoms with Crippen LogP contribution in [-0.4, -0.2) is 0 Å². The SMILES string of the molecule is C=C=C(C)C=C(C(C)C)C(C)C. The zero-order valence-corrected chi connectivity index (χ0v) is 8.94. The van der Waals surface area contributed by atoms with Gasteiger partial charge in [0.1, 0.15) is 0 Å². The summed E-state index contributed by atoms with van der Waals surface area (Å²) in [4.78, 5) is 0. The van der Waals surface area contributed by atoms with Crippen LogP contribution in [0.15, 0.2) is 29.5 Å². The Morgan fingerprint density at radius 3 is 1.83 bits per heavy atom. The zero-order valence-electron chi connectivity index (χ0n) is 8.94. The highest BCUT2D eigenvalue weighted by molar-refractivity contribution is 5.22. The molecule has 0 atom stereocenters. The lowest BCUT2D eigenvalue weighted by atomic mass is 9.91. The van der Waals surface area contributed by atoms with Crippen LogP contribution in [0.4, 0.5) is 0 Å². The predicted molar refractivity (Wildman–Crippen MR) is 56.1 cm³/mol. The third-order valence-electron chi connectivity index (χ3n) is 2.00. The summed E-state index contributed by atoms with van der Waals surface area (Å²) in [6.07, 6.45) is 2.20. The Kier molecular flexibility index (Phi) is 4.70. The van der Waals surface area contributed by atoms with E-state index in [1.165, 1.54) is 5.57 Å². The lowest BCUT2D eigenvalue weighted by Crippen LogP contribution is -2.02. The Balaban J connectivity index is 4.73. The molecule has 68 valence electrons. The fourth-order valence-corrected chi connectivity index (χ4v) is 1.30. The first-order valence-corrected chi connectivity index (χ1v) is 4.57. The Morgan fingerprint density at radius 1 is 1.17 bits per heavy atom. The second-order valence-electron chi connectivity index (χ2n) is 3.81. The number of hydrogen-bond donors (Lipinski definition) is 0. The summed E-state index contributed by atoms with van der Waals surface area (Å²) < 4.78 is 0. The molecule has 0 unspecified atom stereocenters. The fourth-order valence-electron chi connectivity index (χ4n) is 1.30. The van der Waals surface area contributed by atoms with Crippen LogP contribution in [0.5, 0.6) is 0 Å². The lowest BCUT2D eigenvalue weighted by molar-refractivity contribution is 0.625. The molecule has 0 bridgehead atoms. The molecule has 0 aliphatic rings. The normalized spacial score (nSPS) is 9.92. The molecule has 0 saturated carbocycles. The van der Waals surface area contributed by atoms with Crippen molar-refractivity contribution in [3.63, 3.8) is 0 Å². The van der Waals surface area contributed by atoms with Gasteiger partial charge in [0.15, 0.2) is 0 Å². The van der Waals surface area contributed by atoms with Gasteiger partial charge in [-0.2, -0.15) is 0 Å². The molecule has 0 heteroatoms. The summed E-state index contributed by atoms with van der Waals surface area (Å²) in [6.45, 7) is 14.6. The van der Waals surface area contributed by atoms with E-state index < -0.39 is 0 Å². The van der Waals surface area contributed by atoms with Gasteiger partial charge in [0.25, 0.3) is 0 Å². The van der Waals surface area contributed by atoms with Gasteiger partial charge in [0.05, 0.1) is 0 Å². The van der Waals surface area contributed by atoms with Crippen molar-refractivity contribution in [1.29, 1.82) is 0 Å². The molecule has 0 heterocycles. The zero-order chi connectivity index (χ0) is 9.72. The van der Waals surface area contributed by atoms with Crippen LogP contribution < -0.4 is 0 Å². The van der Waals surface area contributed by atoms with E-state index in [-0.39, 0.29) is 0 Å². The molecule has 0 rings (SSSR count). The van der Waals surface area contributed by atoms with Crippen molar-refractivity contribution < 1.29 is 0 Å². The first-order chi connectivity index (χ1) is 5.49. The van der Waals surface area contributed by atoms with Gasteiger partial charge >= 0.3 is 0 Å². The highest BCUT2D eigenvalue weighted by Gasteiger charge is 2.06. The second-order valence-corrected chi connectivity index (χ2v) is 3.81. The topological polar surface area (TPSA) is 0 Å². The number of rotatable bonds is 3. The molecule has 0 spiro atoms. The molecule has 0 aliphatic heterocycles. The van der Waals surface area contributed by atoms with E-state index in [9.17, 15) is 0 Å². The average molecular weight is 164 g/mol. The third kappa shape index (κ3) is 3.59. The van der Waals surface area contributed by atoms with Crippen LogP contribution in [0.25, 0.3) is 0 Å². The maximum absolute atomic E-state index is 3.63. The summed E-state index contributed by atoms with van der Waals surface area (Å²) in [5.41, 5.74) is 5.50. The fraction of sp³-hybridized carbons (Fsp3) is 0.583. The summed E-state index contributed by atoms with van der Waals surface area (Å²) in [7, 11) is 0. The van der Waals surface area contributed by atoms with E-state index in [4.69, 9.17) is 0 Å². The Hall–Kier alpha value is -0.740. The van der Waals surface area contributed by atoms with E-state index in [0.717, 1.165) is 5.57 Å². The van der Waals surface area contributed by atoms with Gasteiger partial charge in [-0.1, -0.05) is 45.9 Å². The average Bonchev–Trinajstić information content (AvgIpc) is 1.98. The molecular formula is C12H20. The lowest BCUT2D eigenvalue weighted by Gasteiger charge is -2.15. The molecule has 0 N–H and O–H groups in total. The van der Waals surface area contributed by atoms with E-state index in [0.29, 0.717) is 11.8 Å². The molecule has 0 nitrogen and oxygen atoms in total. The molecular weight excluding hydrogens is 144 g/mol. The van der Waals surface area contributed by atoms with Gasteiger partial charge in [-0.05, 0) is 24.3 Å². The molecule has 0 saturated heterocycles. The number of hydrogen-bond acceptors (Lipinski definition) is 0. The third-order valence-corrected chi connectivity index (χ3v) is 2.00. The molecule has 0 amide bonds. The van der Waals surface area contributed by atoms with Crippen molar-refractivity contribution in [3.8, 4) is 0 Å². The van der Waals surface area contributed by atoms with Gasteiger partial charge in [-0.25, -0.2) is 0 Å². The predicted octanol–water partition coefficient (Wildman–Crippen LogP) is 3.96. The molecule has 0 radical (unpaired) electrons. The van der Waals surface area contributed by atoms with E-state index in [2.05, 4.69) is 46.1 Å². The molecule has 0 aromatic heterocycles. The molecule has 12 heavy (non-hydrogen) atoms. The van der Waals surface area contributed by atoms with E-state index in [1.807, 2.05) is 6.92 Å². The van der Waals surface area contributed by atoms with Crippen molar-refractivity contribution in [1.82, 2.24) is 0 Å².